The molecule has 0 aliphatic carbocycles. The molecular weight excluding hydrogens is 210 g/mol. The number of hydrogen-bond donors (Lipinski definition) is 1. The maximum Gasteiger partial charge on any atom is 0.193 e. The van der Waals surface area contributed by atoms with E-state index in [4.69, 9.17) is 4.74 Å². The fraction of sp³-hybridized carbons (Fsp3) is 0.600. The minimum atomic E-state index is 0.104. The number of nitrogens with zero attached hydrogens (tertiary/aromatic N) is 2. The van der Waals surface area contributed by atoms with Crippen LogP contribution in [0.2, 0.25) is 0 Å². The molecule has 0 bridgehead atoms. The monoisotopic (exact) mass is 227 g/mol. The number of nitrogens with one attached hydrogen (secondary N) is 1. The summed E-state index contributed by atoms with van der Waals surface area (Å²) in [5, 5.41) is 3.85. The Kier molecular flexibility index (Phi) is 3.79. The van der Waals surface area contributed by atoms with Crippen molar-refractivity contribution in [2.24, 2.45) is 0 Å². The van der Waals surface area contributed by atoms with Gasteiger partial charge in [0.05, 0.1) is 7.11 Å². The van der Waals surface area contributed by atoms with E-state index in [0.29, 0.717) is 5.75 Å². The number of ether oxygens (including phenoxy) is 1. The summed E-state index contributed by atoms with van der Waals surface area (Å²) in [7, 11) is 3.45. The zero-order chi connectivity index (χ0) is 11.5. The van der Waals surface area contributed by atoms with Crippen LogP contribution in [0.25, 0.3) is 0 Å². The van der Waals surface area contributed by atoms with Gasteiger partial charge in [-0.25, -0.2) is 9.97 Å². The fourth-order valence-electron chi connectivity index (χ4n) is 1.08. The highest BCUT2D eigenvalue weighted by molar-refractivity contribution is 8.00. The number of aromatic nitrogens is 2. The van der Waals surface area contributed by atoms with Gasteiger partial charge in [-0.1, -0.05) is 32.5 Å². The molecule has 5 heteroatoms. The molecule has 0 spiro atoms. The lowest BCUT2D eigenvalue weighted by atomic mass is 10.3. The molecule has 1 N–H and O–H groups in total. The molecular formula is C10H17N3OS. The first-order valence-electron chi connectivity index (χ1n) is 4.73. The Bertz CT molecular complexity index is 336. The molecule has 15 heavy (non-hydrogen) atoms. The van der Waals surface area contributed by atoms with Crippen molar-refractivity contribution in [1.82, 2.24) is 9.97 Å². The molecule has 0 amide bonds. The van der Waals surface area contributed by atoms with Gasteiger partial charge in [0.2, 0.25) is 0 Å². The van der Waals surface area contributed by atoms with Crippen LogP contribution in [0.15, 0.2) is 11.4 Å². The van der Waals surface area contributed by atoms with Crippen molar-refractivity contribution in [3.63, 3.8) is 0 Å². The maximum absolute atomic E-state index is 5.30. The quantitative estimate of drug-likeness (QED) is 0.634. The van der Waals surface area contributed by atoms with Gasteiger partial charge in [0.15, 0.2) is 11.6 Å². The van der Waals surface area contributed by atoms with Gasteiger partial charge in [0.1, 0.15) is 11.4 Å². The first kappa shape index (κ1) is 12.1. The number of thioether (sulfide) groups is 1. The second-order valence-corrected chi connectivity index (χ2v) is 5.84. The summed E-state index contributed by atoms with van der Waals surface area (Å²) in [6, 6.07) is 0. The molecule has 0 saturated heterocycles. The highest BCUT2D eigenvalue weighted by atomic mass is 32.2. The maximum atomic E-state index is 5.30. The van der Waals surface area contributed by atoms with Crippen molar-refractivity contribution in [2.45, 2.75) is 30.5 Å². The van der Waals surface area contributed by atoms with Crippen LogP contribution in [-0.4, -0.2) is 28.9 Å². The van der Waals surface area contributed by atoms with Crippen molar-refractivity contribution >= 4 is 17.6 Å². The van der Waals surface area contributed by atoms with Crippen molar-refractivity contribution in [1.29, 1.82) is 0 Å². The van der Waals surface area contributed by atoms with E-state index < -0.39 is 0 Å². The van der Waals surface area contributed by atoms with E-state index in [9.17, 15) is 0 Å². The topological polar surface area (TPSA) is 47.0 Å². The summed E-state index contributed by atoms with van der Waals surface area (Å²) in [5.41, 5.74) is 0. The largest absolute Gasteiger partial charge is 0.490 e. The Labute approximate surface area is 94.8 Å². The normalized spacial score (nSPS) is 11.3. The Morgan fingerprint density at radius 2 is 2.00 bits per heavy atom. The van der Waals surface area contributed by atoms with Crippen LogP contribution in [0.1, 0.15) is 20.8 Å². The standard InChI is InChI=1S/C10H17N3OS/c1-10(2,3)15-9-7(14-5)8(11-4)12-6-13-9/h6H,1-5H3,(H,11,12,13). The third-order valence-corrected chi connectivity index (χ3v) is 2.71. The first-order valence-corrected chi connectivity index (χ1v) is 5.55. The van der Waals surface area contributed by atoms with Crippen LogP contribution in [0, 0.1) is 0 Å². The van der Waals surface area contributed by atoms with Crippen LogP contribution in [0.4, 0.5) is 5.82 Å². The summed E-state index contributed by atoms with van der Waals surface area (Å²) in [6.07, 6.45) is 1.54. The average Bonchev–Trinajstić information content (AvgIpc) is 2.15. The van der Waals surface area contributed by atoms with Gasteiger partial charge in [0.25, 0.3) is 0 Å². The average molecular weight is 227 g/mol. The smallest absolute Gasteiger partial charge is 0.193 e. The third-order valence-electron chi connectivity index (χ3n) is 1.61. The van der Waals surface area contributed by atoms with E-state index in [1.807, 2.05) is 7.05 Å². The molecule has 0 unspecified atom stereocenters. The lowest BCUT2D eigenvalue weighted by Gasteiger charge is -2.19. The molecule has 0 aliphatic rings. The summed E-state index contributed by atoms with van der Waals surface area (Å²) in [4.78, 5) is 8.33. The lowest BCUT2D eigenvalue weighted by Crippen LogP contribution is -2.09. The predicted molar refractivity (Wildman–Crippen MR) is 63.7 cm³/mol. The Morgan fingerprint density at radius 1 is 1.33 bits per heavy atom. The zero-order valence-corrected chi connectivity index (χ0v) is 10.6. The van der Waals surface area contributed by atoms with Crippen molar-refractivity contribution < 1.29 is 4.74 Å². The molecule has 0 radical (unpaired) electrons. The van der Waals surface area contributed by atoms with E-state index >= 15 is 0 Å². The zero-order valence-electron chi connectivity index (χ0n) is 9.79. The van der Waals surface area contributed by atoms with E-state index in [1.54, 1.807) is 25.2 Å². The highest BCUT2D eigenvalue weighted by Crippen LogP contribution is 2.38. The minimum absolute atomic E-state index is 0.104. The second-order valence-electron chi connectivity index (χ2n) is 4.03. The molecule has 84 valence electrons. The van der Waals surface area contributed by atoms with E-state index in [2.05, 4.69) is 36.1 Å². The van der Waals surface area contributed by atoms with Crippen LogP contribution in [0.5, 0.6) is 5.75 Å². The summed E-state index contributed by atoms with van der Waals surface area (Å²) >= 11 is 1.67. The van der Waals surface area contributed by atoms with Crippen LogP contribution in [-0.2, 0) is 0 Å². The molecule has 4 nitrogen and oxygen atoms in total. The van der Waals surface area contributed by atoms with Crippen LogP contribution >= 0.6 is 11.8 Å². The lowest BCUT2D eigenvalue weighted by molar-refractivity contribution is 0.400. The van der Waals surface area contributed by atoms with E-state index in [-0.39, 0.29) is 4.75 Å². The van der Waals surface area contributed by atoms with Gasteiger partial charge in [-0.2, -0.15) is 0 Å². The first-order chi connectivity index (χ1) is 6.98. The van der Waals surface area contributed by atoms with Crippen LogP contribution < -0.4 is 10.1 Å². The molecule has 0 saturated carbocycles. The van der Waals surface area contributed by atoms with Crippen LogP contribution in [0.3, 0.4) is 0 Å². The fourth-order valence-corrected chi connectivity index (χ4v) is 2.03. The molecule has 1 aromatic heterocycles. The minimum Gasteiger partial charge on any atom is -0.490 e. The van der Waals surface area contributed by atoms with Crippen molar-refractivity contribution in [3.05, 3.63) is 6.33 Å². The molecule has 0 atom stereocenters. The summed E-state index contributed by atoms with van der Waals surface area (Å²) in [6.45, 7) is 6.41. The number of rotatable bonds is 3. The van der Waals surface area contributed by atoms with Gasteiger partial charge < -0.3 is 10.1 Å². The van der Waals surface area contributed by atoms with Crippen molar-refractivity contribution in [2.75, 3.05) is 19.5 Å². The molecule has 1 rings (SSSR count). The van der Waals surface area contributed by atoms with Gasteiger partial charge in [-0.15, -0.1) is 0 Å². The molecule has 0 aromatic carbocycles. The third kappa shape index (κ3) is 3.27. The molecule has 0 fully saturated rings. The summed E-state index contributed by atoms with van der Waals surface area (Å²) < 4.78 is 5.41. The Morgan fingerprint density at radius 3 is 2.47 bits per heavy atom. The number of hydrogen-bond acceptors (Lipinski definition) is 5. The highest BCUT2D eigenvalue weighted by Gasteiger charge is 2.19. The Hall–Kier alpha value is -0.970. The number of methoxy groups -OCH3 is 1. The van der Waals surface area contributed by atoms with E-state index in [1.165, 1.54) is 0 Å². The van der Waals surface area contributed by atoms with Gasteiger partial charge >= 0.3 is 0 Å². The SMILES string of the molecule is CNc1ncnc(SC(C)(C)C)c1OC. The summed E-state index contributed by atoms with van der Waals surface area (Å²) in [5.74, 6) is 1.43. The number of anilines is 1. The van der Waals surface area contributed by atoms with Crippen molar-refractivity contribution in [3.8, 4) is 5.75 Å². The molecule has 1 aromatic rings. The Balaban J connectivity index is 3.06. The molecule has 0 aliphatic heterocycles. The van der Waals surface area contributed by atoms with Gasteiger partial charge in [0, 0.05) is 11.8 Å². The molecule has 1 heterocycles. The van der Waals surface area contributed by atoms with E-state index in [0.717, 1.165) is 10.8 Å². The second kappa shape index (κ2) is 4.70. The predicted octanol–water partition coefficient (Wildman–Crippen LogP) is 2.42. The van der Waals surface area contributed by atoms with Gasteiger partial charge in [-0.05, 0) is 0 Å². The van der Waals surface area contributed by atoms with Gasteiger partial charge in [-0.3, -0.25) is 0 Å².